The van der Waals surface area contributed by atoms with Crippen molar-refractivity contribution in [2.45, 2.75) is 0 Å². The molecule has 0 saturated heterocycles. The number of aliphatic hydroxyl groups is 1. The summed E-state index contributed by atoms with van der Waals surface area (Å²) in [6.07, 6.45) is 0. The molecule has 0 aromatic heterocycles. The molecule has 62 valence electrons. The topological polar surface area (TPSA) is 82.4 Å². The lowest BCUT2D eigenvalue weighted by Crippen LogP contribution is -2.18. The summed E-state index contributed by atoms with van der Waals surface area (Å²) in [5.74, 6) is 0. The summed E-state index contributed by atoms with van der Waals surface area (Å²) >= 11 is 0. The van der Waals surface area contributed by atoms with Gasteiger partial charge >= 0.3 is 0 Å². The Bertz CT molecular complexity index is 68.7. The van der Waals surface area contributed by atoms with Crippen molar-refractivity contribution in [1.82, 2.24) is 5.39 Å². The lowest BCUT2D eigenvalue weighted by Gasteiger charge is -2.05. The van der Waals surface area contributed by atoms with Crippen molar-refractivity contribution < 1.29 is 25.1 Å². The van der Waals surface area contributed by atoms with Crippen LogP contribution in [0.25, 0.3) is 0 Å². The Hall–Kier alpha value is -0.240. The Morgan fingerprint density at radius 1 is 1.10 bits per heavy atom. The second-order valence-electron chi connectivity index (χ2n) is 1.42. The quantitative estimate of drug-likeness (QED) is 0.335. The Morgan fingerprint density at radius 3 is 2.30 bits per heavy atom. The fourth-order valence-electron chi connectivity index (χ4n) is 0.344. The number of rotatable bonds is 6. The van der Waals surface area contributed by atoms with Crippen molar-refractivity contribution in [1.29, 1.82) is 0 Å². The normalized spacial score (nSPS) is 10.8. The highest BCUT2D eigenvalue weighted by molar-refractivity contribution is 4.25. The van der Waals surface area contributed by atoms with Gasteiger partial charge in [-0.05, 0) is 0 Å². The summed E-state index contributed by atoms with van der Waals surface area (Å²) < 4.78 is 4.71. The van der Waals surface area contributed by atoms with E-state index in [0.717, 1.165) is 0 Å². The lowest BCUT2D eigenvalue weighted by atomic mass is 10.7. The van der Waals surface area contributed by atoms with Gasteiger partial charge < -0.3 is 9.84 Å². The molecule has 0 bridgehead atoms. The molecule has 3 N–H and O–H groups in total. The van der Waals surface area contributed by atoms with Crippen LogP contribution in [0.1, 0.15) is 0 Å². The van der Waals surface area contributed by atoms with Gasteiger partial charge in [-0.1, -0.05) is 0 Å². The third-order valence-electron chi connectivity index (χ3n) is 0.670. The predicted molar refractivity (Wildman–Crippen MR) is 29.3 cm³/mol. The number of ether oxygens (including phenoxy) is 1. The second-order valence-corrected chi connectivity index (χ2v) is 1.42. The molecular weight excluding hydrogens is 142 g/mol. The van der Waals surface area contributed by atoms with Crippen molar-refractivity contribution >= 4 is 0 Å². The van der Waals surface area contributed by atoms with Crippen LogP contribution in [0.2, 0.25) is 0 Å². The van der Waals surface area contributed by atoms with Crippen molar-refractivity contribution in [3.8, 4) is 0 Å². The smallest absolute Gasteiger partial charge is 0.0969 e. The molecule has 0 amide bonds. The zero-order valence-electron chi connectivity index (χ0n) is 5.43. The van der Waals surface area contributed by atoms with E-state index >= 15 is 0 Å². The van der Waals surface area contributed by atoms with Gasteiger partial charge in [0.15, 0.2) is 0 Å². The van der Waals surface area contributed by atoms with Crippen LogP contribution in [0.3, 0.4) is 0 Å². The average molecular weight is 153 g/mol. The summed E-state index contributed by atoms with van der Waals surface area (Å²) in [5.41, 5.74) is 0. The Kier molecular flexibility index (Phi) is 6.71. The molecule has 0 unspecified atom stereocenters. The van der Waals surface area contributed by atoms with Crippen molar-refractivity contribution in [3.05, 3.63) is 0 Å². The highest BCUT2D eigenvalue weighted by Crippen LogP contribution is 1.78. The molecule has 6 nitrogen and oxygen atoms in total. The van der Waals surface area contributed by atoms with E-state index in [1.165, 1.54) is 0 Å². The van der Waals surface area contributed by atoms with Crippen LogP contribution in [0.15, 0.2) is 0 Å². The second kappa shape index (κ2) is 6.87. The van der Waals surface area contributed by atoms with Gasteiger partial charge in [0.1, 0.15) is 0 Å². The maximum Gasteiger partial charge on any atom is 0.0969 e. The maximum absolute atomic E-state index is 8.20. The van der Waals surface area contributed by atoms with Gasteiger partial charge in [0, 0.05) is 0 Å². The van der Waals surface area contributed by atoms with Crippen LogP contribution in [0.5, 0.6) is 0 Å². The van der Waals surface area contributed by atoms with Gasteiger partial charge in [-0.15, -0.1) is 0 Å². The van der Waals surface area contributed by atoms with Crippen LogP contribution in [0.4, 0.5) is 0 Å². The Morgan fingerprint density at radius 2 is 1.80 bits per heavy atom. The minimum Gasteiger partial charge on any atom is -0.394 e. The Labute approximate surface area is 58.1 Å². The molecular formula is C4H11NO5. The van der Waals surface area contributed by atoms with E-state index in [9.17, 15) is 0 Å². The van der Waals surface area contributed by atoms with E-state index in [1.807, 2.05) is 0 Å². The van der Waals surface area contributed by atoms with Crippen LogP contribution >= 0.6 is 0 Å². The summed E-state index contributed by atoms with van der Waals surface area (Å²) in [5, 5.41) is 23.8. The summed E-state index contributed by atoms with van der Waals surface area (Å²) in [7, 11) is 0. The summed E-state index contributed by atoms with van der Waals surface area (Å²) in [6, 6.07) is 0. The highest BCUT2D eigenvalue weighted by Gasteiger charge is 1.92. The number of aliphatic hydroxyl groups excluding tert-OH is 1. The summed E-state index contributed by atoms with van der Waals surface area (Å²) in [4.78, 5) is 4.13. The maximum atomic E-state index is 8.20. The molecule has 10 heavy (non-hydrogen) atoms. The van der Waals surface area contributed by atoms with Crippen molar-refractivity contribution in [3.63, 3.8) is 0 Å². The molecule has 0 spiro atoms. The lowest BCUT2D eigenvalue weighted by molar-refractivity contribution is -0.493. The SMILES string of the molecule is OCCOCCON(O)O. The van der Waals surface area contributed by atoms with Gasteiger partial charge in [0.05, 0.1) is 31.8 Å². The zero-order chi connectivity index (χ0) is 7.82. The zero-order valence-corrected chi connectivity index (χ0v) is 5.43. The standard InChI is InChI=1S/C4H11NO5/c6-1-2-9-3-4-10-5(7)8/h6-8H,1-4H2. The molecule has 0 aromatic rings. The van der Waals surface area contributed by atoms with E-state index in [0.29, 0.717) is 0 Å². The first-order valence-corrected chi connectivity index (χ1v) is 2.76. The largest absolute Gasteiger partial charge is 0.394 e. The van der Waals surface area contributed by atoms with Crippen LogP contribution in [0, 0.1) is 0 Å². The van der Waals surface area contributed by atoms with Crippen molar-refractivity contribution in [2.24, 2.45) is 0 Å². The van der Waals surface area contributed by atoms with Crippen LogP contribution < -0.4 is 0 Å². The van der Waals surface area contributed by atoms with Crippen LogP contribution in [-0.4, -0.2) is 47.3 Å². The number of hydrogen-bond donors (Lipinski definition) is 3. The predicted octanol–water partition coefficient (Wildman–Crippen LogP) is -0.993. The molecule has 0 aliphatic carbocycles. The first-order chi connectivity index (χ1) is 4.77. The van der Waals surface area contributed by atoms with E-state index < -0.39 is 0 Å². The minimum atomic E-state index is -0.387. The fourth-order valence-corrected chi connectivity index (χ4v) is 0.344. The van der Waals surface area contributed by atoms with E-state index in [1.54, 1.807) is 0 Å². The molecule has 0 aromatic carbocycles. The number of hydrogen-bond acceptors (Lipinski definition) is 6. The molecule has 6 heteroatoms. The highest BCUT2D eigenvalue weighted by atomic mass is 17.1. The Balaban J connectivity index is 2.77. The number of nitrogens with zero attached hydrogens (tertiary/aromatic N) is 1. The molecule has 0 fully saturated rings. The van der Waals surface area contributed by atoms with E-state index in [4.69, 9.17) is 20.3 Å². The minimum absolute atomic E-state index is 0.0347. The van der Waals surface area contributed by atoms with E-state index in [2.05, 4.69) is 4.84 Å². The van der Waals surface area contributed by atoms with Gasteiger partial charge in [-0.3, -0.25) is 10.4 Å². The molecule has 0 saturated carbocycles. The van der Waals surface area contributed by atoms with Gasteiger partial charge in [-0.25, -0.2) is 4.84 Å². The van der Waals surface area contributed by atoms with Crippen molar-refractivity contribution in [2.75, 3.05) is 26.4 Å². The van der Waals surface area contributed by atoms with Gasteiger partial charge in [0.2, 0.25) is 0 Å². The molecule has 0 heterocycles. The van der Waals surface area contributed by atoms with Gasteiger partial charge in [0.25, 0.3) is 0 Å². The molecule has 0 radical (unpaired) electrons. The third kappa shape index (κ3) is 7.76. The fraction of sp³-hybridized carbons (Fsp3) is 1.00. The molecule has 0 aliphatic rings. The van der Waals surface area contributed by atoms with Gasteiger partial charge in [-0.2, -0.15) is 0 Å². The average Bonchev–Trinajstić information content (AvgIpc) is 1.87. The first kappa shape index (κ1) is 9.76. The monoisotopic (exact) mass is 153 g/mol. The first-order valence-electron chi connectivity index (χ1n) is 2.76. The summed E-state index contributed by atoms with van der Waals surface area (Å²) in [6.45, 7) is 0.410. The molecule has 0 atom stereocenters. The molecule has 0 aliphatic heterocycles. The van der Waals surface area contributed by atoms with Crippen LogP contribution in [-0.2, 0) is 9.57 Å². The third-order valence-corrected chi connectivity index (χ3v) is 0.670. The molecule has 0 rings (SSSR count). The van der Waals surface area contributed by atoms with E-state index in [-0.39, 0.29) is 31.8 Å².